The summed E-state index contributed by atoms with van der Waals surface area (Å²) in [6.45, 7) is 0. The fourth-order valence-corrected chi connectivity index (χ4v) is 6.19. The molecule has 0 atom stereocenters. The zero-order valence-corrected chi connectivity index (χ0v) is 22.8. The molecular weight excluding hydrogens is 636 g/mol. The Morgan fingerprint density at radius 2 is 0.694 bits per heavy atom. The van der Waals surface area contributed by atoms with E-state index in [1.165, 1.54) is 15.9 Å². The molecule has 0 aliphatic heterocycles. The van der Waals surface area contributed by atoms with Gasteiger partial charge in [0.15, 0.2) is 0 Å². The van der Waals surface area contributed by atoms with Crippen molar-refractivity contribution in [2.24, 2.45) is 0 Å². The van der Waals surface area contributed by atoms with E-state index in [2.05, 4.69) is 109 Å². The van der Waals surface area contributed by atoms with Crippen molar-refractivity contribution < 1.29 is 22.4 Å². The Hall–Kier alpha value is -3.61. The standard InChI is InChI=1S/C18H15P.C16H9.Au/c1-4-10-16(11-5-1)19(17-12-6-2-7-13-17)18-14-8-3-9-15-18;1-2-14-8-10-16(11-9-14)13-12-15-6-4-3-5-7-15;/h1-15H;3-11H;/q;-1;+1/p+1. The summed E-state index contributed by atoms with van der Waals surface area (Å²) in [5.74, 6) is 8.48. The molecule has 0 radical (unpaired) electrons. The Morgan fingerprint density at radius 3 is 1.06 bits per heavy atom. The van der Waals surface area contributed by atoms with Gasteiger partial charge < -0.3 is 6.42 Å². The average molecular weight is 662 g/mol. The summed E-state index contributed by atoms with van der Waals surface area (Å²) in [5.41, 5.74) is 2.72. The van der Waals surface area contributed by atoms with Crippen LogP contribution in [0.4, 0.5) is 0 Å². The van der Waals surface area contributed by atoms with Crippen molar-refractivity contribution in [3.05, 3.63) is 169 Å². The van der Waals surface area contributed by atoms with Crippen LogP contribution in [0.15, 0.2) is 146 Å². The first-order valence-electron chi connectivity index (χ1n) is 11.5. The van der Waals surface area contributed by atoms with Crippen LogP contribution in [-0.4, -0.2) is 0 Å². The molecule has 5 aromatic rings. The first-order valence-corrected chi connectivity index (χ1v) is 13.0. The first-order chi connectivity index (χ1) is 17.3. The zero-order valence-electron chi connectivity index (χ0n) is 19.7. The summed E-state index contributed by atoms with van der Waals surface area (Å²) >= 11 is 0. The maximum Gasteiger partial charge on any atom is 1.00 e. The normalized spacial score (nSPS) is 9.44. The fraction of sp³-hybridized carbons (Fsp3) is 0. The van der Waals surface area contributed by atoms with E-state index in [4.69, 9.17) is 6.42 Å². The minimum absolute atomic E-state index is 0. The summed E-state index contributed by atoms with van der Waals surface area (Å²) in [4.78, 5) is 0. The van der Waals surface area contributed by atoms with Gasteiger partial charge in [0.25, 0.3) is 0 Å². The van der Waals surface area contributed by atoms with Gasteiger partial charge in [0, 0.05) is 11.1 Å². The molecule has 0 aliphatic carbocycles. The molecule has 0 saturated heterocycles. The maximum atomic E-state index is 6.96. The van der Waals surface area contributed by atoms with Crippen molar-refractivity contribution in [1.82, 2.24) is 0 Å². The van der Waals surface area contributed by atoms with Gasteiger partial charge >= 0.3 is 22.4 Å². The summed E-state index contributed by atoms with van der Waals surface area (Å²) in [6, 6.07) is 49.8. The van der Waals surface area contributed by atoms with Gasteiger partial charge in [-0.25, -0.2) is 0 Å². The molecule has 0 spiro atoms. The summed E-state index contributed by atoms with van der Waals surface area (Å²) in [7, 11) is -0.877. The Labute approximate surface area is 231 Å². The second-order valence-electron chi connectivity index (χ2n) is 7.79. The molecule has 0 saturated carbocycles. The van der Waals surface area contributed by atoms with Gasteiger partial charge in [-0.1, -0.05) is 96.8 Å². The van der Waals surface area contributed by atoms with E-state index in [1.54, 1.807) is 0 Å². The maximum absolute atomic E-state index is 6.96. The monoisotopic (exact) mass is 661 g/mol. The molecule has 0 bridgehead atoms. The number of hydrogen-bond acceptors (Lipinski definition) is 0. The number of hydrogen-bond donors (Lipinski definition) is 0. The minimum atomic E-state index is -0.877. The smallest absolute Gasteiger partial charge is 0.366 e. The zero-order chi connectivity index (χ0) is 24.1. The molecule has 0 aromatic heterocycles. The Kier molecular flexibility index (Phi) is 11.0. The Bertz CT molecular complexity index is 1320. The Morgan fingerprint density at radius 1 is 0.389 bits per heavy atom. The van der Waals surface area contributed by atoms with Gasteiger partial charge in [-0.05, 0) is 48.5 Å². The summed E-state index contributed by atoms with van der Waals surface area (Å²) < 4.78 is 0. The predicted molar refractivity (Wildman–Crippen MR) is 152 cm³/mol. The van der Waals surface area contributed by atoms with Gasteiger partial charge in [0.05, 0.1) is 7.92 Å². The molecule has 0 aliphatic rings. The van der Waals surface area contributed by atoms with Crippen molar-refractivity contribution in [2.75, 3.05) is 0 Å². The minimum Gasteiger partial charge on any atom is -0.366 e. The van der Waals surface area contributed by atoms with Gasteiger partial charge in [-0.2, -0.15) is 0 Å². The van der Waals surface area contributed by atoms with E-state index in [0.717, 1.165) is 16.7 Å². The first kappa shape index (κ1) is 27.0. The fourth-order valence-electron chi connectivity index (χ4n) is 3.62. The van der Waals surface area contributed by atoms with E-state index >= 15 is 0 Å². The van der Waals surface area contributed by atoms with E-state index < -0.39 is 7.92 Å². The molecule has 0 fully saturated rings. The van der Waals surface area contributed by atoms with Crippen LogP contribution in [0.5, 0.6) is 0 Å². The van der Waals surface area contributed by atoms with Gasteiger partial charge in [0.1, 0.15) is 15.9 Å². The predicted octanol–water partition coefficient (Wildman–Crippen LogP) is 6.20. The van der Waals surface area contributed by atoms with Crippen molar-refractivity contribution in [1.29, 1.82) is 0 Å². The summed E-state index contributed by atoms with van der Waals surface area (Å²) in [6.07, 6.45) is 6.96. The van der Waals surface area contributed by atoms with Crippen molar-refractivity contribution in [3.63, 3.8) is 0 Å². The molecule has 0 heterocycles. The van der Waals surface area contributed by atoms with Crippen molar-refractivity contribution in [2.45, 2.75) is 0 Å². The molecule has 0 amide bonds. The number of rotatable bonds is 3. The third-order valence-electron chi connectivity index (χ3n) is 5.34. The largest absolute Gasteiger partial charge is 1.00 e. The molecule has 2 heteroatoms. The van der Waals surface area contributed by atoms with Crippen LogP contribution in [0.3, 0.4) is 0 Å². The van der Waals surface area contributed by atoms with Crippen LogP contribution in [0.25, 0.3) is 0 Å². The number of benzene rings is 5. The molecule has 0 nitrogen and oxygen atoms in total. The third kappa shape index (κ3) is 7.97. The van der Waals surface area contributed by atoms with Crippen molar-refractivity contribution >= 4 is 23.8 Å². The molecule has 0 N–H and O–H groups in total. The van der Waals surface area contributed by atoms with E-state index in [1.807, 2.05) is 54.6 Å². The van der Waals surface area contributed by atoms with Crippen LogP contribution in [0, 0.1) is 24.2 Å². The second kappa shape index (κ2) is 14.7. The van der Waals surface area contributed by atoms with Crippen LogP contribution < -0.4 is 15.9 Å². The molecule has 176 valence electrons. The van der Waals surface area contributed by atoms with Gasteiger partial charge in [-0.3, -0.25) is 5.92 Å². The topological polar surface area (TPSA) is 0 Å². The third-order valence-corrected chi connectivity index (χ3v) is 8.07. The van der Waals surface area contributed by atoms with Gasteiger partial charge in [-0.15, -0.1) is 17.7 Å². The van der Waals surface area contributed by atoms with Crippen LogP contribution in [-0.2, 0) is 22.4 Å². The van der Waals surface area contributed by atoms with E-state index in [9.17, 15) is 0 Å². The van der Waals surface area contributed by atoms with E-state index in [-0.39, 0.29) is 22.4 Å². The molecule has 5 rings (SSSR count). The SMILES string of the molecule is [Au+].[C-]#Cc1ccc(C#Cc2ccccc2)cc1.c1ccc([PH+](c2ccccc2)c2ccccc2)cc1. The van der Waals surface area contributed by atoms with Crippen LogP contribution in [0.2, 0.25) is 0 Å². The quantitative estimate of drug-likeness (QED) is 0.0936. The summed E-state index contributed by atoms with van der Waals surface area (Å²) in [5, 5.41) is 4.31. The van der Waals surface area contributed by atoms with Gasteiger partial charge in [0.2, 0.25) is 0 Å². The molecule has 5 aromatic carbocycles. The van der Waals surface area contributed by atoms with Crippen LogP contribution in [0.1, 0.15) is 16.7 Å². The van der Waals surface area contributed by atoms with Crippen LogP contribution >= 0.6 is 7.92 Å². The molecule has 0 unspecified atom stereocenters. The molecule has 36 heavy (non-hydrogen) atoms. The second-order valence-corrected chi connectivity index (χ2v) is 10.3. The molecular formula is C34H25AuP+. The van der Waals surface area contributed by atoms with Crippen molar-refractivity contribution in [3.8, 4) is 17.8 Å². The Balaban J connectivity index is 0.000000198. The van der Waals surface area contributed by atoms with E-state index in [0.29, 0.717) is 0 Å². The average Bonchev–Trinajstić information content (AvgIpc) is 2.95.